The second-order valence-electron chi connectivity index (χ2n) is 9.23. The Labute approximate surface area is 173 Å². The average Bonchev–Trinajstić information content (AvgIpc) is 2.57. The van der Waals surface area contributed by atoms with E-state index in [1.54, 1.807) is 0 Å². The summed E-state index contributed by atoms with van der Waals surface area (Å²) in [5.41, 5.74) is 0.0253. The molecule has 4 fully saturated rings. The Morgan fingerprint density at radius 3 is 2.07 bits per heavy atom. The van der Waals surface area contributed by atoms with Crippen molar-refractivity contribution in [2.24, 2.45) is 23.2 Å². The van der Waals surface area contributed by atoms with Gasteiger partial charge < -0.3 is 0 Å². The van der Waals surface area contributed by atoms with Gasteiger partial charge in [0.1, 0.15) is 4.90 Å². The van der Waals surface area contributed by atoms with E-state index < -0.39 is 19.9 Å². The molecule has 4 aliphatic carbocycles. The van der Waals surface area contributed by atoms with E-state index in [0.29, 0.717) is 0 Å². The van der Waals surface area contributed by atoms with Gasteiger partial charge >= 0.3 is 0 Å². The molecular formula is C20H28ClNO4S2. The van der Waals surface area contributed by atoms with Gasteiger partial charge in [0.2, 0.25) is 10.0 Å². The lowest BCUT2D eigenvalue weighted by molar-refractivity contribution is -0.0704. The SMILES string of the molecule is CC[C@@H](NS(=O)(=O)c1cc(S(C)(=O)=O)ccc1Cl)C12CC3CC(CC(C3)C1)C2. The van der Waals surface area contributed by atoms with E-state index in [1.165, 1.54) is 37.5 Å². The van der Waals surface area contributed by atoms with Crippen molar-refractivity contribution >= 4 is 31.5 Å². The van der Waals surface area contributed by atoms with Crippen LogP contribution < -0.4 is 4.72 Å². The molecule has 1 atom stereocenters. The number of hydrogen-bond donors (Lipinski definition) is 1. The fraction of sp³-hybridized carbons (Fsp3) is 0.700. The highest BCUT2D eigenvalue weighted by Gasteiger charge is 2.54. The zero-order chi connectivity index (χ0) is 20.3. The van der Waals surface area contributed by atoms with Gasteiger partial charge in [-0.05, 0) is 86.3 Å². The zero-order valence-corrected chi connectivity index (χ0v) is 18.7. The van der Waals surface area contributed by atoms with Gasteiger partial charge in [-0.15, -0.1) is 0 Å². The number of hydrogen-bond acceptors (Lipinski definition) is 4. The van der Waals surface area contributed by atoms with Crippen molar-refractivity contribution in [2.45, 2.75) is 67.7 Å². The van der Waals surface area contributed by atoms with E-state index in [2.05, 4.69) is 4.72 Å². The Morgan fingerprint density at radius 1 is 1.07 bits per heavy atom. The maximum Gasteiger partial charge on any atom is 0.242 e. The number of sulfone groups is 1. The number of benzene rings is 1. The molecule has 0 unspecified atom stereocenters. The maximum absolute atomic E-state index is 13.2. The van der Waals surface area contributed by atoms with Gasteiger partial charge in [0, 0.05) is 12.3 Å². The third kappa shape index (κ3) is 3.64. The van der Waals surface area contributed by atoms with Gasteiger partial charge in [-0.2, -0.15) is 0 Å². The summed E-state index contributed by atoms with van der Waals surface area (Å²) in [5, 5.41) is 0.0419. The molecule has 0 amide bonds. The van der Waals surface area contributed by atoms with Crippen LogP contribution in [0, 0.1) is 23.2 Å². The second-order valence-corrected chi connectivity index (χ2v) is 13.3. The Balaban J connectivity index is 1.66. The normalized spacial score (nSPS) is 33.2. The van der Waals surface area contributed by atoms with Crippen LogP contribution in [0.5, 0.6) is 0 Å². The first-order valence-corrected chi connectivity index (χ1v) is 13.8. The van der Waals surface area contributed by atoms with E-state index in [4.69, 9.17) is 11.6 Å². The molecule has 8 heteroatoms. The van der Waals surface area contributed by atoms with Crippen LogP contribution in [0.2, 0.25) is 5.02 Å². The Kier molecular flexibility index (Phi) is 5.13. The third-order valence-corrected chi connectivity index (χ3v) is 10.2. The summed E-state index contributed by atoms with van der Waals surface area (Å²) in [6.45, 7) is 2.03. The molecular weight excluding hydrogens is 418 g/mol. The predicted octanol–water partition coefficient (Wildman–Crippen LogP) is 4.02. The van der Waals surface area contributed by atoms with Gasteiger partial charge in [0.05, 0.1) is 9.92 Å². The molecule has 1 N–H and O–H groups in total. The standard InChI is InChI=1S/C20H28ClNO4S2/c1-3-19(20-10-13-6-14(11-20)8-15(7-13)12-20)22-28(25,26)18-9-16(27(2,23)24)4-5-17(18)21/h4-5,9,13-15,19,22H,3,6-8,10-12H2,1-2H3/t13?,14?,15?,19-,20?/m1/s1. The predicted molar refractivity (Wildman–Crippen MR) is 110 cm³/mol. The summed E-state index contributed by atoms with van der Waals surface area (Å²) < 4.78 is 53.1. The summed E-state index contributed by atoms with van der Waals surface area (Å²) in [6, 6.07) is 3.71. The van der Waals surface area contributed by atoms with Gasteiger partial charge in [-0.3, -0.25) is 0 Å². The lowest BCUT2D eigenvalue weighted by Gasteiger charge is -2.59. The number of halogens is 1. The van der Waals surface area contributed by atoms with Crippen molar-refractivity contribution in [3.8, 4) is 0 Å². The van der Waals surface area contributed by atoms with Crippen molar-refractivity contribution in [2.75, 3.05) is 6.26 Å². The lowest BCUT2D eigenvalue weighted by atomic mass is 9.47. The van der Waals surface area contributed by atoms with E-state index in [9.17, 15) is 16.8 Å². The first-order chi connectivity index (χ1) is 13.0. The molecule has 1 aromatic carbocycles. The minimum atomic E-state index is -3.93. The van der Waals surface area contributed by atoms with Crippen LogP contribution in [0.3, 0.4) is 0 Å². The molecule has 1 aromatic rings. The molecule has 4 aliphatic rings. The quantitative estimate of drug-likeness (QED) is 0.717. The first-order valence-electron chi connectivity index (χ1n) is 10.0. The number of nitrogens with one attached hydrogen (secondary N) is 1. The van der Waals surface area contributed by atoms with E-state index in [1.807, 2.05) is 6.92 Å². The molecule has 0 spiro atoms. The Morgan fingerprint density at radius 2 is 1.61 bits per heavy atom. The molecule has 0 aliphatic heterocycles. The lowest BCUT2D eigenvalue weighted by Crippen LogP contribution is -2.56. The second kappa shape index (κ2) is 6.96. The van der Waals surface area contributed by atoms with Crippen LogP contribution in [0.15, 0.2) is 28.0 Å². The van der Waals surface area contributed by atoms with Gasteiger partial charge in [-0.25, -0.2) is 21.6 Å². The largest absolute Gasteiger partial charge is 0.242 e. The maximum atomic E-state index is 13.2. The van der Waals surface area contributed by atoms with Gasteiger partial charge in [0.15, 0.2) is 9.84 Å². The molecule has 156 valence electrons. The summed E-state index contributed by atoms with van der Waals surface area (Å²) >= 11 is 6.16. The molecule has 0 heterocycles. The minimum Gasteiger partial charge on any atom is -0.224 e. The van der Waals surface area contributed by atoms with Gasteiger partial charge in [0.25, 0.3) is 0 Å². The molecule has 5 rings (SSSR count). The van der Waals surface area contributed by atoms with E-state index in [-0.39, 0.29) is 26.3 Å². The number of rotatable bonds is 6. The van der Waals surface area contributed by atoms with Crippen LogP contribution in [0.25, 0.3) is 0 Å². The summed E-state index contributed by atoms with van der Waals surface area (Å²) in [5.74, 6) is 2.17. The van der Waals surface area contributed by atoms with Crippen molar-refractivity contribution in [3.63, 3.8) is 0 Å². The highest BCUT2D eigenvalue weighted by Crippen LogP contribution is 2.61. The van der Waals surface area contributed by atoms with E-state index >= 15 is 0 Å². The monoisotopic (exact) mass is 445 g/mol. The molecule has 4 bridgehead atoms. The summed E-state index contributed by atoms with van der Waals surface area (Å²) in [6.07, 6.45) is 8.95. The fourth-order valence-corrected chi connectivity index (χ4v) is 9.09. The van der Waals surface area contributed by atoms with Crippen LogP contribution >= 0.6 is 11.6 Å². The van der Waals surface area contributed by atoms with Crippen molar-refractivity contribution in [1.82, 2.24) is 4.72 Å². The zero-order valence-electron chi connectivity index (χ0n) is 16.3. The molecule has 0 aromatic heterocycles. The van der Waals surface area contributed by atoms with Crippen LogP contribution in [-0.4, -0.2) is 29.1 Å². The Bertz CT molecular complexity index is 952. The smallest absolute Gasteiger partial charge is 0.224 e. The molecule has 28 heavy (non-hydrogen) atoms. The van der Waals surface area contributed by atoms with Crippen LogP contribution in [0.4, 0.5) is 0 Å². The molecule has 4 saturated carbocycles. The highest BCUT2D eigenvalue weighted by molar-refractivity contribution is 7.91. The topological polar surface area (TPSA) is 80.3 Å². The first kappa shape index (κ1) is 20.6. The summed E-state index contributed by atoms with van der Waals surface area (Å²) in [4.78, 5) is -0.194. The average molecular weight is 446 g/mol. The summed E-state index contributed by atoms with van der Waals surface area (Å²) in [7, 11) is -7.45. The van der Waals surface area contributed by atoms with Crippen molar-refractivity contribution in [1.29, 1.82) is 0 Å². The molecule has 0 saturated heterocycles. The van der Waals surface area contributed by atoms with Crippen LogP contribution in [0.1, 0.15) is 51.9 Å². The van der Waals surface area contributed by atoms with Crippen molar-refractivity contribution in [3.05, 3.63) is 23.2 Å². The van der Waals surface area contributed by atoms with Crippen LogP contribution in [-0.2, 0) is 19.9 Å². The molecule has 0 radical (unpaired) electrons. The molecule has 5 nitrogen and oxygen atoms in total. The van der Waals surface area contributed by atoms with E-state index in [0.717, 1.165) is 49.7 Å². The fourth-order valence-electron chi connectivity index (χ4n) is 6.42. The Hall–Kier alpha value is -0.630. The highest BCUT2D eigenvalue weighted by atomic mass is 35.5. The third-order valence-electron chi connectivity index (χ3n) is 7.15. The minimum absolute atomic E-state index is 0.0253. The number of sulfonamides is 1. The van der Waals surface area contributed by atoms with Gasteiger partial charge in [-0.1, -0.05) is 18.5 Å². The van der Waals surface area contributed by atoms with Crippen molar-refractivity contribution < 1.29 is 16.8 Å².